The number of rotatable bonds is 15. The summed E-state index contributed by atoms with van der Waals surface area (Å²) >= 11 is 0. The predicted molar refractivity (Wildman–Crippen MR) is 237 cm³/mol. The van der Waals surface area contributed by atoms with Gasteiger partial charge >= 0.3 is 18.0 Å². The Bertz CT molecular complexity index is 2490. The van der Waals surface area contributed by atoms with Gasteiger partial charge in [-0.15, -0.1) is 0 Å². The third kappa shape index (κ3) is 9.61. The second-order valence-electron chi connectivity index (χ2n) is 17.1. The van der Waals surface area contributed by atoms with Crippen LogP contribution in [0.3, 0.4) is 0 Å². The molecule has 2 aliphatic heterocycles. The van der Waals surface area contributed by atoms with Crippen LogP contribution in [0.4, 0.5) is 4.79 Å². The number of amides is 2. The summed E-state index contributed by atoms with van der Waals surface area (Å²) in [4.78, 5) is 79.0. The van der Waals surface area contributed by atoms with Gasteiger partial charge in [-0.05, 0) is 112 Å². The van der Waals surface area contributed by atoms with Crippen molar-refractivity contribution in [3.05, 3.63) is 82.4 Å². The highest BCUT2D eigenvalue weighted by atomic mass is 32.2. The number of hydrogen-bond acceptors (Lipinski definition) is 13. The number of alkyl carbamates (subject to hydrolysis) is 1. The largest absolute Gasteiger partial charge is 0.496 e. The van der Waals surface area contributed by atoms with E-state index in [1.54, 1.807) is 47.6 Å². The molecule has 6 rings (SSSR count). The summed E-state index contributed by atoms with van der Waals surface area (Å²) < 4.78 is 50.8. The normalized spacial score (nSPS) is 19.0. The molecule has 64 heavy (non-hydrogen) atoms. The molecule has 17 nitrogen and oxygen atoms in total. The van der Waals surface area contributed by atoms with Crippen molar-refractivity contribution in [2.75, 3.05) is 27.3 Å². The summed E-state index contributed by atoms with van der Waals surface area (Å²) in [5.74, 6) is -3.48. The number of benzene rings is 3. The second kappa shape index (κ2) is 18.8. The molecular weight excluding hydrogens is 845 g/mol. The second-order valence-corrected chi connectivity index (χ2v) is 18.7. The van der Waals surface area contributed by atoms with E-state index < -0.39 is 81.3 Å². The van der Waals surface area contributed by atoms with Gasteiger partial charge in [0.1, 0.15) is 23.4 Å². The van der Waals surface area contributed by atoms with E-state index >= 15 is 4.79 Å². The van der Waals surface area contributed by atoms with E-state index in [1.165, 1.54) is 19.1 Å². The first-order valence-corrected chi connectivity index (χ1v) is 22.6. The van der Waals surface area contributed by atoms with Gasteiger partial charge in [0.15, 0.2) is 5.78 Å². The van der Waals surface area contributed by atoms with E-state index in [-0.39, 0.29) is 43.1 Å². The fourth-order valence-corrected chi connectivity index (χ4v) is 10.2. The van der Waals surface area contributed by atoms with Crippen molar-refractivity contribution in [2.24, 2.45) is 15.7 Å². The van der Waals surface area contributed by atoms with Crippen LogP contribution in [0.5, 0.6) is 5.75 Å². The van der Waals surface area contributed by atoms with Crippen LogP contribution in [0.2, 0.25) is 0 Å². The zero-order valence-electron chi connectivity index (χ0n) is 37.4. The summed E-state index contributed by atoms with van der Waals surface area (Å²) in [6.45, 7) is 10.3. The van der Waals surface area contributed by atoms with Gasteiger partial charge in [-0.2, -0.15) is 0 Å². The molecule has 1 fully saturated rings. The number of esters is 2. The summed E-state index contributed by atoms with van der Waals surface area (Å²) in [7, 11) is -1.50. The molecule has 2 amide bonds. The van der Waals surface area contributed by atoms with E-state index in [0.29, 0.717) is 35.3 Å². The Kier molecular flexibility index (Phi) is 13.9. The van der Waals surface area contributed by atoms with Crippen LogP contribution in [0, 0.1) is 20.8 Å². The molecule has 0 aromatic heterocycles. The molecule has 1 aliphatic carbocycles. The van der Waals surface area contributed by atoms with E-state index in [4.69, 9.17) is 24.7 Å². The number of guanidine groups is 1. The molecule has 18 heteroatoms. The number of nitrogens with zero attached hydrogens (tertiary/aromatic N) is 3. The maximum absolute atomic E-state index is 15.0. The van der Waals surface area contributed by atoms with E-state index in [0.717, 1.165) is 22.3 Å². The van der Waals surface area contributed by atoms with Gasteiger partial charge in [-0.25, -0.2) is 27.7 Å². The lowest BCUT2D eigenvalue weighted by molar-refractivity contribution is -0.147. The summed E-state index contributed by atoms with van der Waals surface area (Å²) in [6.07, 6.45) is -0.940. The number of aliphatic imine (C=N–C) groups is 2. The van der Waals surface area contributed by atoms with Gasteiger partial charge in [0.05, 0.1) is 25.5 Å². The Hall–Kier alpha value is -6.30. The number of nitrogens with two attached hydrogens (primary N) is 1. The number of sulfonamides is 1. The van der Waals surface area contributed by atoms with Crippen LogP contribution in [-0.2, 0) is 43.4 Å². The summed E-state index contributed by atoms with van der Waals surface area (Å²) in [6, 6.07) is 14.9. The molecule has 2 heterocycles. The number of ketones is 1. The molecule has 1 saturated heterocycles. The lowest BCUT2D eigenvalue weighted by Crippen LogP contribution is -2.54. The first-order chi connectivity index (χ1) is 30.2. The maximum atomic E-state index is 15.0. The van der Waals surface area contributed by atoms with Crippen molar-refractivity contribution in [1.29, 1.82) is 0 Å². The molecular formula is C46H56N6O11S. The number of likely N-dealkylation sites (tertiary alicyclic amines) is 1. The molecule has 0 saturated carbocycles. The number of hydrogen-bond donors (Lipinski definition) is 3. The van der Waals surface area contributed by atoms with E-state index in [2.05, 4.69) is 20.0 Å². The molecule has 3 atom stereocenters. The minimum Gasteiger partial charge on any atom is -0.496 e. The SMILES string of the molecule is COC(=O)CCC(=O)C1(CCCN=C(N)NS(=O)(=O)c2c(C)cc(OC)c(C)c2C)N=C([C@@H]2CCCN2C(=O)C(NC(=O)OC(C)(C)C)C2c3ccccc3-c3ccccc32)OC1=O. The molecule has 0 spiro atoms. The maximum Gasteiger partial charge on any atom is 0.408 e. The van der Waals surface area contributed by atoms with Crippen LogP contribution < -0.4 is 20.5 Å². The zero-order chi connectivity index (χ0) is 46.7. The quantitative estimate of drug-likeness (QED) is 0.0461. The van der Waals surface area contributed by atoms with Crippen LogP contribution in [0.15, 0.2) is 69.5 Å². The van der Waals surface area contributed by atoms with Crippen LogP contribution in [0.25, 0.3) is 11.1 Å². The van der Waals surface area contributed by atoms with Gasteiger partial charge in [0.25, 0.3) is 10.0 Å². The molecule has 3 aromatic carbocycles. The van der Waals surface area contributed by atoms with Crippen LogP contribution >= 0.6 is 0 Å². The Labute approximate surface area is 373 Å². The average molecular weight is 901 g/mol. The number of carbonyl (C=O) groups excluding carboxylic acids is 5. The number of carbonyl (C=O) groups is 5. The van der Waals surface area contributed by atoms with Crippen molar-refractivity contribution in [1.82, 2.24) is 14.9 Å². The highest BCUT2D eigenvalue weighted by Crippen LogP contribution is 2.47. The average Bonchev–Trinajstić information content (AvgIpc) is 3.95. The number of ether oxygens (including phenoxy) is 4. The summed E-state index contributed by atoms with van der Waals surface area (Å²) in [5.41, 5.74) is 8.16. The lowest BCUT2D eigenvalue weighted by atomic mass is 9.87. The minimum absolute atomic E-state index is 0.00760. The smallest absolute Gasteiger partial charge is 0.408 e. The molecule has 0 bridgehead atoms. The lowest BCUT2D eigenvalue weighted by Gasteiger charge is -2.33. The topological polar surface area (TPSA) is 234 Å². The highest BCUT2D eigenvalue weighted by molar-refractivity contribution is 7.90. The van der Waals surface area contributed by atoms with Gasteiger partial charge in [-0.3, -0.25) is 19.4 Å². The standard InChI is InChI=1S/C46H56N6O11S/c1-26-25-34(60-7)27(2)28(3)39(26)64(58,59)51-43(47)48-23-14-22-46(35(53)20-21-36(54)61-8)42(56)62-40(50-46)33-19-13-24-52(33)41(55)38(49-44(57)63-45(4,5)6)37-31-17-11-9-15-29(31)30-16-10-12-18-32(30)37/h9-12,15-18,25,33,37-38H,13-14,19-24H2,1-8H3,(H,49,57)(H3,47,48,51)/t33-,38?,46?/m0/s1. The number of Topliss-reactive ketones (excluding diaryl/α,β-unsaturated/α-hetero) is 1. The third-order valence-corrected chi connectivity index (χ3v) is 13.4. The molecule has 2 unspecified atom stereocenters. The third-order valence-electron chi connectivity index (χ3n) is 11.7. The van der Waals surface area contributed by atoms with Gasteiger partial charge in [0, 0.05) is 25.4 Å². The Balaban J connectivity index is 1.27. The molecule has 3 aromatic rings. The van der Waals surface area contributed by atoms with Crippen molar-refractivity contribution in [2.45, 2.75) is 114 Å². The zero-order valence-corrected chi connectivity index (χ0v) is 38.2. The Morgan fingerprint density at radius 3 is 2.25 bits per heavy atom. The summed E-state index contributed by atoms with van der Waals surface area (Å²) in [5, 5.41) is 2.87. The number of methoxy groups -OCH3 is 2. The van der Waals surface area contributed by atoms with Crippen molar-refractivity contribution < 1.29 is 51.3 Å². The van der Waals surface area contributed by atoms with Crippen LogP contribution in [0.1, 0.15) is 93.0 Å². The first kappa shape index (κ1) is 47.2. The first-order valence-electron chi connectivity index (χ1n) is 21.1. The molecule has 0 radical (unpaired) electrons. The highest BCUT2D eigenvalue weighted by Gasteiger charge is 2.54. The number of fused-ring (bicyclic) bond motifs is 3. The van der Waals surface area contributed by atoms with E-state index in [9.17, 15) is 27.6 Å². The Morgan fingerprint density at radius 2 is 1.64 bits per heavy atom. The molecule has 342 valence electrons. The fourth-order valence-electron chi connectivity index (χ4n) is 8.72. The number of cyclic esters (lactones) is 1. The molecule has 3 aliphatic rings. The van der Waals surface area contributed by atoms with Gasteiger partial charge in [0.2, 0.25) is 23.3 Å². The predicted octanol–water partition coefficient (Wildman–Crippen LogP) is 4.91. The van der Waals surface area contributed by atoms with Crippen molar-refractivity contribution >= 4 is 51.6 Å². The van der Waals surface area contributed by atoms with Gasteiger partial charge < -0.3 is 34.9 Å². The monoisotopic (exact) mass is 900 g/mol. The number of nitrogens with one attached hydrogen (secondary N) is 2. The minimum atomic E-state index is -4.18. The van der Waals surface area contributed by atoms with Gasteiger partial charge in [-0.1, -0.05) is 48.5 Å². The fraction of sp³-hybridized carbons (Fsp3) is 0.457. The molecule has 4 N–H and O–H groups in total. The van der Waals surface area contributed by atoms with Crippen molar-refractivity contribution in [3.63, 3.8) is 0 Å². The Morgan fingerprint density at radius 1 is 1.00 bits per heavy atom. The number of aryl methyl sites for hydroxylation is 1. The van der Waals surface area contributed by atoms with E-state index in [1.807, 2.05) is 48.5 Å². The van der Waals surface area contributed by atoms with Crippen LogP contribution in [-0.4, -0.2) is 105 Å². The van der Waals surface area contributed by atoms with Crippen molar-refractivity contribution in [3.8, 4) is 16.9 Å².